The van der Waals surface area contributed by atoms with Gasteiger partial charge in [-0.3, -0.25) is 0 Å². The molecule has 0 saturated carbocycles. The number of nitrogens with two attached hydrogens (primary N) is 1. The second-order valence-electron chi connectivity index (χ2n) is 3.64. The molecule has 0 aromatic heterocycles. The molecule has 0 fully saturated rings. The van der Waals surface area contributed by atoms with Gasteiger partial charge in [-0.05, 0) is 24.6 Å². The Morgan fingerprint density at radius 1 is 1.44 bits per heavy atom. The van der Waals surface area contributed by atoms with Gasteiger partial charge >= 0.3 is 0 Å². The largest absolute Gasteiger partial charge is 0.397 e. The zero-order chi connectivity index (χ0) is 12.2. The van der Waals surface area contributed by atoms with Gasteiger partial charge in [-0.25, -0.2) is 8.42 Å². The average Bonchev–Trinajstić information content (AvgIpc) is 2.16. The van der Waals surface area contributed by atoms with E-state index in [2.05, 4.69) is 21.2 Å². The summed E-state index contributed by atoms with van der Waals surface area (Å²) in [7, 11) is -2.88. The Kier molecular flexibility index (Phi) is 4.61. The van der Waals surface area contributed by atoms with Crippen LogP contribution in [-0.2, 0) is 9.84 Å². The van der Waals surface area contributed by atoms with Crippen LogP contribution in [0, 0.1) is 0 Å². The maximum Gasteiger partial charge on any atom is 0.147 e. The van der Waals surface area contributed by atoms with E-state index in [1.165, 1.54) is 6.26 Å². The van der Waals surface area contributed by atoms with E-state index in [-0.39, 0.29) is 5.75 Å². The number of sulfone groups is 1. The molecule has 0 radical (unpaired) electrons. The predicted molar refractivity (Wildman–Crippen MR) is 71.4 cm³/mol. The van der Waals surface area contributed by atoms with Crippen molar-refractivity contribution in [2.45, 2.75) is 6.42 Å². The zero-order valence-corrected chi connectivity index (χ0v) is 11.4. The minimum atomic E-state index is -2.88. The van der Waals surface area contributed by atoms with Crippen LogP contribution in [-0.4, -0.2) is 27.0 Å². The van der Waals surface area contributed by atoms with Crippen LogP contribution in [0.1, 0.15) is 6.42 Å². The van der Waals surface area contributed by atoms with Crippen LogP contribution < -0.4 is 11.1 Å². The summed E-state index contributed by atoms with van der Waals surface area (Å²) in [5.41, 5.74) is 7.23. The van der Waals surface area contributed by atoms with Gasteiger partial charge in [0.2, 0.25) is 0 Å². The van der Waals surface area contributed by atoms with E-state index in [9.17, 15) is 8.42 Å². The van der Waals surface area contributed by atoms with Crippen molar-refractivity contribution >= 4 is 37.1 Å². The van der Waals surface area contributed by atoms with Gasteiger partial charge in [0, 0.05) is 17.3 Å². The summed E-state index contributed by atoms with van der Waals surface area (Å²) in [6.45, 7) is 0.591. The first-order chi connectivity index (χ1) is 7.38. The third-order valence-corrected chi connectivity index (χ3v) is 3.55. The molecule has 0 unspecified atom stereocenters. The molecule has 0 aliphatic carbocycles. The Balaban J connectivity index is 2.46. The number of nitrogen functional groups attached to an aromatic ring is 1. The molecule has 0 spiro atoms. The highest BCUT2D eigenvalue weighted by atomic mass is 79.9. The number of hydrogen-bond acceptors (Lipinski definition) is 4. The van der Waals surface area contributed by atoms with E-state index in [0.29, 0.717) is 18.7 Å². The Morgan fingerprint density at radius 2 is 2.12 bits per heavy atom. The highest BCUT2D eigenvalue weighted by molar-refractivity contribution is 9.10. The lowest BCUT2D eigenvalue weighted by Gasteiger charge is -2.09. The SMILES string of the molecule is CS(=O)(=O)CCCNc1cc(Br)ccc1N. The molecular formula is C10H15BrN2O2S. The molecule has 0 amide bonds. The monoisotopic (exact) mass is 306 g/mol. The van der Waals surface area contributed by atoms with Crippen LogP contribution >= 0.6 is 15.9 Å². The maximum atomic E-state index is 10.9. The first kappa shape index (κ1) is 13.3. The molecule has 6 heteroatoms. The van der Waals surface area contributed by atoms with Crippen molar-refractivity contribution in [3.05, 3.63) is 22.7 Å². The molecule has 0 atom stereocenters. The molecule has 1 aromatic carbocycles. The summed E-state index contributed by atoms with van der Waals surface area (Å²) in [6, 6.07) is 5.52. The molecule has 16 heavy (non-hydrogen) atoms. The number of nitrogens with one attached hydrogen (secondary N) is 1. The number of anilines is 2. The minimum absolute atomic E-state index is 0.188. The van der Waals surface area contributed by atoms with Crippen molar-refractivity contribution in [1.82, 2.24) is 0 Å². The van der Waals surface area contributed by atoms with Crippen molar-refractivity contribution in [3.63, 3.8) is 0 Å². The molecule has 0 bridgehead atoms. The summed E-state index contributed by atoms with van der Waals surface area (Å²) < 4.78 is 22.7. The third kappa shape index (κ3) is 4.85. The van der Waals surface area contributed by atoms with E-state index in [1.54, 1.807) is 6.07 Å². The molecule has 0 heterocycles. The second-order valence-corrected chi connectivity index (χ2v) is 6.82. The van der Waals surface area contributed by atoms with Gasteiger partial charge in [0.15, 0.2) is 0 Å². The Bertz CT molecular complexity index is 460. The topological polar surface area (TPSA) is 72.2 Å². The van der Waals surface area contributed by atoms with Crippen LogP contribution in [0.2, 0.25) is 0 Å². The molecule has 1 rings (SSSR count). The Labute approximate surface area is 104 Å². The van der Waals surface area contributed by atoms with Gasteiger partial charge in [0.1, 0.15) is 9.84 Å². The fraction of sp³-hybridized carbons (Fsp3) is 0.400. The van der Waals surface area contributed by atoms with Crippen LogP contribution in [0.15, 0.2) is 22.7 Å². The highest BCUT2D eigenvalue weighted by Crippen LogP contribution is 2.23. The van der Waals surface area contributed by atoms with Crippen LogP contribution in [0.4, 0.5) is 11.4 Å². The van der Waals surface area contributed by atoms with E-state index < -0.39 is 9.84 Å². The van der Waals surface area contributed by atoms with Gasteiger partial charge in [0.25, 0.3) is 0 Å². The van der Waals surface area contributed by atoms with Crippen molar-refractivity contribution in [1.29, 1.82) is 0 Å². The Morgan fingerprint density at radius 3 is 2.75 bits per heavy atom. The lowest BCUT2D eigenvalue weighted by molar-refractivity contribution is 0.600. The summed E-state index contributed by atoms with van der Waals surface area (Å²) in [4.78, 5) is 0. The zero-order valence-electron chi connectivity index (χ0n) is 9.03. The quantitative estimate of drug-likeness (QED) is 0.643. The van der Waals surface area contributed by atoms with E-state index >= 15 is 0 Å². The number of benzene rings is 1. The summed E-state index contributed by atoms with van der Waals surface area (Å²) in [6.07, 6.45) is 1.81. The van der Waals surface area contributed by atoms with E-state index in [1.807, 2.05) is 12.1 Å². The third-order valence-electron chi connectivity index (χ3n) is 2.02. The normalized spacial score (nSPS) is 11.4. The minimum Gasteiger partial charge on any atom is -0.397 e. The van der Waals surface area contributed by atoms with Crippen LogP contribution in [0.3, 0.4) is 0 Å². The fourth-order valence-corrected chi connectivity index (χ4v) is 2.27. The number of halogens is 1. The lowest BCUT2D eigenvalue weighted by Crippen LogP contribution is -2.10. The standard InChI is InChI=1S/C10H15BrN2O2S/c1-16(14,15)6-2-5-13-10-7-8(11)3-4-9(10)12/h3-4,7,13H,2,5-6,12H2,1H3. The predicted octanol–water partition coefficient (Wildman–Crippen LogP) is 1.88. The van der Waals surface area contributed by atoms with Crippen molar-refractivity contribution in [2.75, 3.05) is 29.6 Å². The first-order valence-electron chi connectivity index (χ1n) is 4.85. The van der Waals surface area contributed by atoms with E-state index in [4.69, 9.17) is 5.73 Å². The molecule has 0 saturated heterocycles. The van der Waals surface area contributed by atoms with Crippen molar-refractivity contribution in [3.8, 4) is 0 Å². The highest BCUT2D eigenvalue weighted by Gasteiger charge is 2.02. The Hall–Kier alpha value is -0.750. The molecule has 0 aliphatic rings. The molecule has 0 aliphatic heterocycles. The summed E-state index contributed by atoms with van der Waals surface area (Å²) in [5, 5.41) is 3.11. The molecule has 90 valence electrons. The van der Waals surface area contributed by atoms with Crippen molar-refractivity contribution in [2.24, 2.45) is 0 Å². The number of hydrogen-bond donors (Lipinski definition) is 2. The van der Waals surface area contributed by atoms with Crippen molar-refractivity contribution < 1.29 is 8.42 Å². The van der Waals surface area contributed by atoms with Crippen LogP contribution in [0.25, 0.3) is 0 Å². The van der Waals surface area contributed by atoms with Gasteiger partial charge in [0.05, 0.1) is 17.1 Å². The molecule has 3 N–H and O–H groups in total. The van der Waals surface area contributed by atoms with E-state index in [0.717, 1.165) is 10.2 Å². The molecule has 1 aromatic rings. The van der Waals surface area contributed by atoms with Crippen LogP contribution in [0.5, 0.6) is 0 Å². The smallest absolute Gasteiger partial charge is 0.147 e. The second kappa shape index (κ2) is 5.54. The van der Waals surface area contributed by atoms with Gasteiger partial charge in [-0.15, -0.1) is 0 Å². The molecular weight excluding hydrogens is 292 g/mol. The average molecular weight is 307 g/mol. The van der Waals surface area contributed by atoms with Gasteiger partial charge < -0.3 is 11.1 Å². The fourth-order valence-electron chi connectivity index (χ4n) is 1.24. The molecule has 4 nitrogen and oxygen atoms in total. The lowest BCUT2D eigenvalue weighted by atomic mass is 10.2. The number of rotatable bonds is 5. The van der Waals surface area contributed by atoms with Gasteiger partial charge in [-0.1, -0.05) is 15.9 Å². The first-order valence-corrected chi connectivity index (χ1v) is 7.70. The van der Waals surface area contributed by atoms with Gasteiger partial charge in [-0.2, -0.15) is 0 Å². The summed E-state index contributed by atoms with van der Waals surface area (Å²) in [5.74, 6) is 0.188. The summed E-state index contributed by atoms with van der Waals surface area (Å²) >= 11 is 3.35. The maximum absolute atomic E-state index is 10.9.